The molecule has 234 valence electrons. The fourth-order valence-corrected chi connectivity index (χ4v) is 8.47. The van der Waals surface area contributed by atoms with Crippen LogP contribution in [0.1, 0.15) is 91.2 Å². The predicted octanol–water partition coefficient (Wildman–Crippen LogP) is 6.20. The lowest BCUT2D eigenvalue weighted by molar-refractivity contribution is -0.121. The number of allylic oxidation sites excluding steroid dienone is 2. The highest BCUT2D eigenvalue weighted by Gasteiger charge is 2.41. The first-order chi connectivity index (χ1) is 21.8. The number of carbonyl (C=O) groups is 2. The van der Waals surface area contributed by atoms with Gasteiger partial charge in [-0.2, -0.15) is 0 Å². The zero-order chi connectivity index (χ0) is 31.3. The average molecular weight is 603 g/mol. The number of amides is 1. The van der Waals surface area contributed by atoms with Crippen LogP contribution in [0.15, 0.2) is 42.5 Å². The number of terminal acetylenes is 1. The summed E-state index contributed by atoms with van der Waals surface area (Å²) in [7, 11) is 0. The van der Waals surface area contributed by atoms with Gasteiger partial charge in [-0.3, -0.25) is 14.5 Å². The van der Waals surface area contributed by atoms with E-state index < -0.39 is 0 Å². The van der Waals surface area contributed by atoms with Crippen molar-refractivity contribution in [3.05, 3.63) is 76.0 Å². The van der Waals surface area contributed by atoms with Crippen molar-refractivity contribution in [1.29, 1.82) is 0 Å². The Morgan fingerprint density at radius 3 is 2.62 bits per heavy atom. The Morgan fingerprint density at radius 1 is 1.09 bits per heavy atom. The fraction of sp³-hybridized carbons (Fsp3) is 0.487. The molecule has 7 rings (SSSR count). The summed E-state index contributed by atoms with van der Waals surface area (Å²) in [5.41, 5.74) is 7.54. The number of hydrogen-bond donors (Lipinski definition) is 2. The number of aryl methyl sites for hydroxylation is 1. The van der Waals surface area contributed by atoms with Gasteiger partial charge in [0.25, 0.3) is 0 Å². The van der Waals surface area contributed by atoms with E-state index in [9.17, 15) is 9.59 Å². The molecule has 45 heavy (non-hydrogen) atoms. The van der Waals surface area contributed by atoms with E-state index in [0.29, 0.717) is 18.3 Å². The number of hydrogen-bond acceptors (Lipinski definition) is 4. The Bertz CT molecular complexity index is 1710. The lowest BCUT2D eigenvalue weighted by Gasteiger charge is -2.39. The van der Waals surface area contributed by atoms with E-state index in [1.165, 1.54) is 24.1 Å². The van der Waals surface area contributed by atoms with Gasteiger partial charge >= 0.3 is 0 Å². The van der Waals surface area contributed by atoms with E-state index in [1.807, 2.05) is 18.2 Å². The molecule has 2 aromatic carbocycles. The molecule has 1 aliphatic heterocycles. The number of piperazine rings is 1. The second-order valence-corrected chi connectivity index (χ2v) is 14.2. The van der Waals surface area contributed by atoms with Crippen molar-refractivity contribution in [3.63, 3.8) is 0 Å². The summed E-state index contributed by atoms with van der Waals surface area (Å²) in [6, 6.07) is 10.3. The van der Waals surface area contributed by atoms with Crippen molar-refractivity contribution in [3.8, 4) is 12.3 Å². The SMILES string of the molecule is C#Cc1ccc2c3c([nH]c2c1)C(C)(C)c1cc(N2CCN(CCCCC(=O)NCC4CC5C=CC4C5)CC2)c(CC)cc1C3=O. The number of H-pyrrole nitrogens is 1. The molecule has 2 N–H and O–H groups in total. The third-order valence-corrected chi connectivity index (χ3v) is 11.2. The molecule has 1 saturated carbocycles. The van der Waals surface area contributed by atoms with Crippen LogP contribution in [-0.2, 0) is 16.6 Å². The van der Waals surface area contributed by atoms with Crippen LogP contribution in [0.5, 0.6) is 0 Å². The number of aromatic nitrogens is 1. The molecule has 3 atom stereocenters. The smallest absolute Gasteiger partial charge is 0.220 e. The van der Waals surface area contributed by atoms with Gasteiger partial charge in [0.2, 0.25) is 5.91 Å². The third-order valence-electron chi connectivity index (χ3n) is 11.2. The highest BCUT2D eigenvalue weighted by molar-refractivity contribution is 6.20. The van der Waals surface area contributed by atoms with E-state index in [0.717, 1.165) is 103 Å². The normalized spacial score (nSPS) is 23.3. The molecule has 2 heterocycles. The highest BCUT2D eigenvalue weighted by atomic mass is 16.1. The second kappa shape index (κ2) is 11.8. The van der Waals surface area contributed by atoms with Crippen molar-refractivity contribution in [1.82, 2.24) is 15.2 Å². The molecule has 1 saturated heterocycles. The standard InChI is InChI=1S/C39H46N4O2/c1-5-25-11-13-30-33(21-25)41-38-36(30)37(45)31-22-27(6-2)34(23-32(31)39(38,3)4)43-17-15-42(16-18-43)14-8-7-9-35(44)40-24-29-20-26-10-12-28(29)19-26/h1,10-13,21-23,26,28-29,41H,6-9,14-20,24H2,2-4H3,(H,40,44). The van der Waals surface area contributed by atoms with Gasteiger partial charge in [0.1, 0.15) is 0 Å². The van der Waals surface area contributed by atoms with Gasteiger partial charge in [-0.1, -0.05) is 44.9 Å². The van der Waals surface area contributed by atoms with Gasteiger partial charge in [0.05, 0.1) is 5.56 Å². The quantitative estimate of drug-likeness (QED) is 0.174. The van der Waals surface area contributed by atoms with E-state index in [1.54, 1.807) is 0 Å². The first-order valence-corrected chi connectivity index (χ1v) is 17.0. The van der Waals surface area contributed by atoms with E-state index in [-0.39, 0.29) is 17.1 Å². The Morgan fingerprint density at radius 2 is 1.91 bits per heavy atom. The topological polar surface area (TPSA) is 68.4 Å². The maximum atomic E-state index is 14.0. The number of nitrogens with one attached hydrogen (secondary N) is 2. The number of aromatic amines is 1. The molecule has 3 unspecified atom stereocenters. The molecular formula is C39H46N4O2. The number of unbranched alkanes of at least 4 members (excludes halogenated alkanes) is 1. The lowest BCUT2D eigenvalue weighted by atomic mass is 9.70. The van der Waals surface area contributed by atoms with E-state index in [4.69, 9.17) is 6.42 Å². The van der Waals surface area contributed by atoms with E-state index >= 15 is 0 Å². The van der Waals surface area contributed by atoms with Gasteiger partial charge < -0.3 is 15.2 Å². The predicted molar refractivity (Wildman–Crippen MR) is 182 cm³/mol. The van der Waals surface area contributed by atoms with Crippen molar-refractivity contribution in [2.24, 2.45) is 17.8 Å². The number of anilines is 1. The summed E-state index contributed by atoms with van der Waals surface area (Å²) in [5.74, 6) is 5.11. The minimum Gasteiger partial charge on any atom is -0.369 e. The second-order valence-electron chi connectivity index (χ2n) is 14.2. The molecule has 1 amide bonds. The van der Waals surface area contributed by atoms with E-state index in [2.05, 4.69) is 71.1 Å². The van der Waals surface area contributed by atoms with Crippen molar-refractivity contribution in [2.45, 2.75) is 64.7 Å². The monoisotopic (exact) mass is 602 g/mol. The maximum Gasteiger partial charge on any atom is 0.220 e. The van der Waals surface area contributed by atoms with Gasteiger partial charge in [0, 0.05) is 78.0 Å². The largest absolute Gasteiger partial charge is 0.369 e. The molecule has 3 aromatic rings. The number of ketones is 1. The Kier molecular flexibility index (Phi) is 7.86. The number of benzene rings is 2. The van der Waals surface area contributed by atoms with Gasteiger partial charge in [-0.25, -0.2) is 0 Å². The van der Waals surface area contributed by atoms with Crippen LogP contribution in [0, 0.1) is 30.1 Å². The average Bonchev–Trinajstić information content (AvgIpc) is 3.79. The zero-order valence-electron chi connectivity index (χ0n) is 27.0. The van der Waals surface area contributed by atoms with Gasteiger partial charge in [-0.15, -0.1) is 6.42 Å². The van der Waals surface area contributed by atoms with Crippen LogP contribution in [-0.4, -0.2) is 60.8 Å². The number of rotatable bonds is 9. The number of nitrogens with zero attached hydrogens (tertiary/aromatic N) is 2. The van der Waals surface area contributed by atoms with Crippen LogP contribution in [0.3, 0.4) is 0 Å². The lowest BCUT2D eigenvalue weighted by Crippen LogP contribution is -2.47. The molecule has 0 radical (unpaired) electrons. The zero-order valence-corrected chi connectivity index (χ0v) is 27.0. The Balaban J connectivity index is 0.969. The molecule has 6 nitrogen and oxygen atoms in total. The third kappa shape index (κ3) is 5.40. The first kappa shape index (κ1) is 29.9. The summed E-state index contributed by atoms with van der Waals surface area (Å²) in [6.07, 6.45) is 16.4. The minimum absolute atomic E-state index is 0.0986. The molecule has 2 bridgehead atoms. The van der Waals surface area contributed by atoms with Crippen LogP contribution in [0.2, 0.25) is 0 Å². The maximum absolute atomic E-state index is 14.0. The van der Waals surface area contributed by atoms with Crippen LogP contribution in [0.4, 0.5) is 5.69 Å². The summed E-state index contributed by atoms with van der Waals surface area (Å²) >= 11 is 0. The molecule has 2 fully saturated rings. The molecule has 3 aliphatic carbocycles. The van der Waals surface area contributed by atoms with Crippen molar-refractivity contribution < 1.29 is 9.59 Å². The molecular weight excluding hydrogens is 556 g/mol. The summed E-state index contributed by atoms with van der Waals surface area (Å²) in [5, 5.41) is 4.15. The van der Waals surface area contributed by atoms with Gasteiger partial charge in [-0.05, 0) is 91.8 Å². The van der Waals surface area contributed by atoms with Gasteiger partial charge in [0.15, 0.2) is 5.78 Å². The molecule has 0 spiro atoms. The van der Waals surface area contributed by atoms with Crippen LogP contribution < -0.4 is 10.2 Å². The Hall–Kier alpha value is -3.82. The number of fused-ring (bicyclic) bond motifs is 6. The van der Waals surface area contributed by atoms with Crippen molar-refractivity contribution in [2.75, 3.05) is 44.2 Å². The van der Waals surface area contributed by atoms with Crippen LogP contribution >= 0.6 is 0 Å². The summed E-state index contributed by atoms with van der Waals surface area (Å²) in [6.45, 7) is 12.5. The highest BCUT2D eigenvalue weighted by Crippen LogP contribution is 2.46. The van der Waals surface area contributed by atoms with Crippen LogP contribution in [0.25, 0.3) is 10.9 Å². The molecule has 4 aliphatic rings. The first-order valence-electron chi connectivity index (χ1n) is 17.0. The Labute approximate surface area is 267 Å². The molecule has 6 heteroatoms. The van der Waals surface area contributed by atoms with Crippen molar-refractivity contribution >= 4 is 28.3 Å². The molecule has 1 aromatic heterocycles. The fourth-order valence-electron chi connectivity index (χ4n) is 8.47. The minimum atomic E-state index is -0.350. The number of carbonyl (C=O) groups excluding carboxylic acids is 2. The summed E-state index contributed by atoms with van der Waals surface area (Å²) in [4.78, 5) is 35.1. The summed E-state index contributed by atoms with van der Waals surface area (Å²) < 4.78 is 0.